The molecule has 2 atom stereocenters. The minimum absolute atomic E-state index is 0.0603. The zero-order valence-electron chi connectivity index (χ0n) is 8.54. The topological polar surface area (TPSA) is 49.8 Å². The molecule has 1 fully saturated rings. The maximum absolute atomic E-state index is 11.1. The molecule has 1 aliphatic heterocycles. The summed E-state index contributed by atoms with van der Waals surface area (Å²) in [6.45, 7) is 6.01. The number of epoxide rings is 1. The van der Waals surface area contributed by atoms with Crippen molar-refractivity contribution >= 4 is 5.97 Å². The van der Waals surface area contributed by atoms with Gasteiger partial charge in [0.25, 0.3) is 0 Å². The summed E-state index contributed by atoms with van der Waals surface area (Å²) in [5.41, 5.74) is -0.849. The minimum atomic E-state index is -0.849. The first-order valence-corrected chi connectivity index (χ1v) is 5.04. The average molecular weight is 186 g/mol. The van der Waals surface area contributed by atoms with Crippen LogP contribution in [-0.4, -0.2) is 22.8 Å². The number of ether oxygens (including phenoxy) is 1. The third-order valence-corrected chi connectivity index (χ3v) is 3.06. The summed E-state index contributed by atoms with van der Waals surface area (Å²) in [5, 5.41) is 9.11. The molecule has 0 aliphatic carbocycles. The van der Waals surface area contributed by atoms with Crippen LogP contribution in [0.25, 0.3) is 0 Å². The van der Waals surface area contributed by atoms with Crippen molar-refractivity contribution in [2.45, 2.75) is 51.7 Å². The molecule has 1 N–H and O–H groups in total. The predicted octanol–water partition coefficient (Wildman–Crippen LogP) is 2.05. The summed E-state index contributed by atoms with van der Waals surface area (Å²) >= 11 is 0. The first-order chi connectivity index (χ1) is 6.13. The molecule has 0 spiro atoms. The van der Waals surface area contributed by atoms with E-state index < -0.39 is 11.6 Å². The van der Waals surface area contributed by atoms with Crippen LogP contribution in [0, 0.1) is 5.92 Å². The van der Waals surface area contributed by atoms with Gasteiger partial charge in [0, 0.05) is 5.92 Å². The molecule has 0 radical (unpaired) electrons. The second kappa shape index (κ2) is 3.66. The molecule has 0 aromatic carbocycles. The van der Waals surface area contributed by atoms with E-state index in [0.29, 0.717) is 0 Å². The van der Waals surface area contributed by atoms with E-state index in [-0.39, 0.29) is 12.0 Å². The van der Waals surface area contributed by atoms with Gasteiger partial charge in [-0.25, -0.2) is 4.79 Å². The molecule has 0 aromatic rings. The highest BCUT2D eigenvalue weighted by Gasteiger charge is 2.65. The van der Waals surface area contributed by atoms with E-state index in [2.05, 4.69) is 0 Å². The molecule has 0 bridgehead atoms. The van der Waals surface area contributed by atoms with Crippen LogP contribution in [0.2, 0.25) is 0 Å². The first-order valence-electron chi connectivity index (χ1n) is 5.04. The van der Waals surface area contributed by atoms with E-state index in [9.17, 15) is 4.79 Å². The fourth-order valence-electron chi connectivity index (χ4n) is 2.20. The smallest absolute Gasteiger partial charge is 0.339 e. The van der Waals surface area contributed by atoms with Crippen LogP contribution in [0.5, 0.6) is 0 Å². The number of hydrogen-bond donors (Lipinski definition) is 1. The standard InChI is InChI=1S/C10H18O3/c1-4-7(5-2)10(9(11)12)8(6-3)13-10/h7-8H,4-6H2,1-3H3,(H,11,12). The number of carboxylic acids is 1. The second-order valence-electron chi connectivity index (χ2n) is 3.63. The Hall–Kier alpha value is -0.570. The quantitative estimate of drug-likeness (QED) is 0.668. The van der Waals surface area contributed by atoms with Crippen molar-refractivity contribution in [2.24, 2.45) is 5.92 Å². The van der Waals surface area contributed by atoms with E-state index >= 15 is 0 Å². The SMILES string of the molecule is CCC(CC)C1(C(=O)O)OC1CC. The lowest BCUT2D eigenvalue weighted by atomic mass is 9.84. The molecule has 3 heteroatoms. The average Bonchev–Trinajstić information content (AvgIpc) is 2.83. The molecule has 0 saturated carbocycles. The van der Waals surface area contributed by atoms with Gasteiger partial charge in [-0.2, -0.15) is 0 Å². The van der Waals surface area contributed by atoms with Crippen molar-refractivity contribution in [1.82, 2.24) is 0 Å². The van der Waals surface area contributed by atoms with Crippen LogP contribution in [0.3, 0.4) is 0 Å². The van der Waals surface area contributed by atoms with E-state index in [1.807, 2.05) is 20.8 Å². The monoisotopic (exact) mass is 186 g/mol. The van der Waals surface area contributed by atoms with Gasteiger partial charge in [0.1, 0.15) is 0 Å². The van der Waals surface area contributed by atoms with Crippen LogP contribution < -0.4 is 0 Å². The van der Waals surface area contributed by atoms with E-state index in [1.165, 1.54) is 0 Å². The summed E-state index contributed by atoms with van der Waals surface area (Å²) < 4.78 is 5.36. The summed E-state index contributed by atoms with van der Waals surface area (Å²) in [6.07, 6.45) is 2.48. The Morgan fingerprint density at radius 2 is 2.00 bits per heavy atom. The van der Waals surface area contributed by atoms with Crippen LogP contribution in [-0.2, 0) is 9.53 Å². The Kier molecular flexibility index (Phi) is 2.96. The zero-order chi connectivity index (χ0) is 10.1. The first kappa shape index (κ1) is 10.5. The molecular formula is C10H18O3. The summed E-state index contributed by atoms with van der Waals surface area (Å²) in [7, 11) is 0. The molecule has 1 saturated heterocycles. The summed E-state index contributed by atoms with van der Waals surface area (Å²) in [5.74, 6) is -0.622. The normalized spacial score (nSPS) is 32.2. The van der Waals surface area contributed by atoms with Crippen LogP contribution in [0.4, 0.5) is 0 Å². The molecule has 1 heterocycles. The van der Waals surface area contributed by atoms with Gasteiger partial charge in [-0.3, -0.25) is 0 Å². The number of rotatable bonds is 5. The summed E-state index contributed by atoms with van der Waals surface area (Å²) in [6, 6.07) is 0. The number of carbonyl (C=O) groups is 1. The van der Waals surface area contributed by atoms with Gasteiger partial charge in [0.15, 0.2) is 5.60 Å². The second-order valence-corrected chi connectivity index (χ2v) is 3.63. The van der Waals surface area contributed by atoms with Crippen molar-refractivity contribution < 1.29 is 14.6 Å². The zero-order valence-corrected chi connectivity index (χ0v) is 8.54. The molecule has 2 unspecified atom stereocenters. The fourth-order valence-corrected chi connectivity index (χ4v) is 2.20. The molecule has 1 aliphatic rings. The molecule has 0 amide bonds. The van der Waals surface area contributed by atoms with Gasteiger partial charge in [-0.15, -0.1) is 0 Å². The van der Waals surface area contributed by atoms with Gasteiger partial charge < -0.3 is 9.84 Å². The highest BCUT2D eigenvalue weighted by Crippen LogP contribution is 2.47. The number of aliphatic carboxylic acids is 1. The number of carboxylic acid groups (broad SMARTS) is 1. The van der Waals surface area contributed by atoms with E-state index in [4.69, 9.17) is 9.84 Å². The van der Waals surface area contributed by atoms with Crippen LogP contribution in [0.1, 0.15) is 40.0 Å². The maximum Gasteiger partial charge on any atom is 0.339 e. The Labute approximate surface area is 79.1 Å². The van der Waals surface area contributed by atoms with Gasteiger partial charge in [-0.05, 0) is 19.3 Å². The third kappa shape index (κ3) is 1.46. The predicted molar refractivity (Wildman–Crippen MR) is 49.6 cm³/mol. The largest absolute Gasteiger partial charge is 0.479 e. The lowest BCUT2D eigenvalue weighted by Gasteiger charge is -2.17. The van der Waals surface area contributed by atoms with Crippen molar-refractivity contribution in [3.8, 4) is 0 Å². The van der Waals surface area contributed by atoms with Crippen LogP contribution in [0.15, 0.2) is 0 Å². The lowest BCUT2D eigenvalue weighted by molar-refractivity contribution is -0.145. The fraction of sp³-hybridized carbons (Fsp3) is 0.900. The van der Waals surface area contributed by atoms with Crippen molar-refractivity contribution in [3.05, 3.63) is 0 Å². The molecule has 13 heavy (non-hydrogen) atoms. The molecule has 76 valence electrons. The van der Waals surface area contributed by atoms with E-state index in [1.54, 1.807) is 0 Å². The van der Waals surface area contributed by atoms with Crippen molar-refractivity contribution in [1.29, 1.82) is 0 Å². The summed E-state index contributed by atoms with van der Waals surface area (Å²) in [4.78, 5) is 11.1. The van der Waals surface area contributed by atoms with Crippen molar-refractivity contribution in [2.75, 3.05) is 0 Å². The van der Waals surface area contributed by atoms with Gasteiger partial charge in [0.05, 0.1) is 6.10 Å². The maximum atomic E-state index is 11.1. The Balaban J connectivity index is 2.76. The van der Waals surface area contributed by atoms with Gasteiger partial charge in [0.2, 0.25) is 0 Å². The van der Waals surface area contributed by atoms with Gasteiger partial charge >= 0.3 is 5.97 Å². The van der Waals surface area contributed by atoms with Gasteiger partial charge in [-0.1, -0.05) is 20.8 Å². The molecular weight excluding hydrogens is 168 g/mol. The van der Waals surface area contributed by atoms with Crippen molar-refractivity contribution in [3.63, 3.8) is 0 Å². The van der Waals surface area contributed by atoms with Crippen LogP contribution >= 0.6 is 0 Å². The Morgan fingerprint density at radius 3 is 2.23 bits per heavy atom. The van der Waals surface area contributed by atoms with E-state index in [0.717, 1.165) is 19.3 Å². The Morgan fingerprint density at radius 1 is 1.46 bits per heavy atom. The third-order valence-electron chi connectivity index (χ3n) is 3.06. The molecule has 1 rings (SSSR count). The highest BCUT2D eigenvalue weighted by molar-refractivity contribution is 5.82. The number of hydrogen-bond acceptors (Lipinski definition) is 2. The molecule has 0 aromatic heterocycles. The highest BCUT2D eigenvalue weighted by atomic mass is 16.6. The molecule has 3 nitrogen and oxygen atoms in total. The minimum Gasteiger partial charge on any atom is -0.479 e. The Bertz CT molecular complexity index is 198. The lowest BCUT2D eigenvalue weighted by Crippen LogP contribution is -2.35.